The lowest BCUT2D eigenvalue weighted by atomic mass is 10.1. The van der Waals surface area contributed by atoms with E-state index in [1.165, 1.54) is 9.75 Å². The highest BCUT2D eigenvalue weighted by Gasteiger charge is 2.19. The molecule has 0 saturated heterocycles. The lowest BCUT2D eigenvalue weighted by Crippen LogP contribution is -2.18. The minimum absolute atomic E-state index is 0.0893. The van der Waals surface area contributed by atoms with Crippen molar-refractivity contribution in [3.05, 3.63) is 45.9 Å². The molecule has 0 aliphatic heterocycles. The molecule has 0 spiro atoms. The number of hydrogen-bond acceptors (Lipinski definition) is 4. The van der Waals surface area contributed by atoms with Gasteiger partial charge in [0.15, 0.2) is 0 Å². The summed E-state index contributed by atoms with van der Waals surface area (Å²) in [6.45, 7) is 2.17. The van der Waals surface area contributed by atoms with Crippen LogP contribution >= 0.6 is 11.3 Å². The third-order valence-corrected chi connectivity index (χ3v) is 4.19. The van der Waals surface area contributed by atoms with E-state index >= 15 is 0 Å². The summed E-state index contributed by atoms with van der Waals surface area (Å²) in [5.74, 6) is 0.822. The van der Waals surface area contributed by atoms with Crippen molar-refractivity contribution >= 4 is 11.3 Å². The van der Waals surface area contributed by atoms with Crippen molar-refractivity contribution in [2.45, 2.75) is 19.4 Å². The maximum atomic E-state index is 5.38. The van der Waals surface area contributed by atoms with Crippen LogP contribution in [0, 0.1) is 0 Å². The summed E-state index contributed by atoms with van der Waals surface area (Å²) in [6.07, 6.45) is 2.87. The fourth-order valence-electron chi connectivity index (χ4n) is 1.95. The zero-order chi connectivity index (χ0) is 13.0. The average molecular weight is 262 g/mol. The van der Waals surface area contributed by atoms with Crippen molar-refractivity contribution in [3.63, 3.8) is 0 Å². The minimum atomic E-state index is 0.0893. The van der Waals surface area contributed by atoms with Crippen molar-refractivity contribution < 1.29 is 4.74 Å². The number of pyridine rings is 1. The standard InChI is InChI=1S/C14H18N2OS/c1-4-10-7-8-12(18-10)14(15-2)13-11(17-3)6-5-9-16-13/h5-9,14-15H,4H2,1-3H3. The van der Waals surface area contributed by atoms with Crippen molar-refractivity contribution in [1.82, 2.24) is 10.3 Å². The minimum Gasteiger partial charge on any atom is -0.495 e. The first-order chi connectivity index (χ1) is 8.80. The molecule has 1 N–H and O–H groups in total. The lowest BCUT2D eigenvalue weighted by molar-refractivity contribution is 0.402. The predicted octanol–water partition coefficient (Wildman–Crippen LogP) is 3.02. The third-order valence-electron chi connectivity index (χ3n) is 2.90. The Morgan fingerprint density at radius 1 is 1.39 bits per heavy atom. The van der Waals surface area contributed by atoms with Gasteiger partial charge in [0.25, 0.3) is 0 Å². The Labute approximate surface area is 112 Å². The van der Waals surface area contributed by atoms with Crippen LogP contribution in [0.15, 0.2) is 30.5 Å². The van der Waals surface area contributed by atoms with E-state index in [0.717, 1.165) is 17.9 Å². The number of hydrogen-bond donors (Lipinski definition) is 1. The summed E-state index contributed by atoms with van der Waals surface area (Å²) in [4.78, 5) is 7.11. The van der Waals surface area contributed by atoms with Gasteiger partial charge in [0, 0.05) is 16.0 Å². The molecule has 0 aliphatic carbocycles. The maximum Gasteiger partial charge on any atom is 0.142 e. The van der Waals surface area contributed by atoms with Crippen LogP contribution in [0.4, 0.5) is 0 Å². The molecule has 0 fully saturated rings. The Morgan fingerprint density at radius 2 is 2.22 bits per heavy atom. The molecular weight excluding hydrogens is 244 g/mol. The topological polar surface area (TPSA) is 34.2 Å². The molecule has 0 saturated carbocycles. The third kappa shape index (κ3) is 2.54. The van der Waals surface area contributed by atoms with Gasteiger partial charge < -0.3 is 10.1 Å². The molecule has 2 aromatic heterocycles. The first kappa shape index (κ1) is 13.1. The van der Waals surface area contributed by atoms with Gasteiger partial charge in [0.05, 0.1) is 13.2 Å². The molecule has 18 heavy (non-hydrogen) atoms. The molecule has 96 valence electrons. The van der Waals surface area contributed by atoms with E-state index in [2.05, 4.69) is 29.4 Å². The molecule has 2 rings (SSSR count). The van der Waals surface area contributed by atoms with Gasteiger partial charge in [0.1, 0.15) is 11.4 Å². The SMILES string of the molecule is CCc1ccc(C(NC)c2ncccc2OC)s1. The highest BCUT2D eigenvalue weighted by Crippen LogP contribution is 2.31. The van der Waals surface area contributed by atoms with Crippen LogP contribution < -0.4 is 10.1 Å². The number of aromatic nitrogens is 1. The summed E-state index contributed by atoms with van der Waals surface area (Å²) < 4.78 is 5.38. The van der Waals surface area contributed by atoms with Crippen LogP contribution in [0.5, 0.6) is 5.75 Å². The molecular formula is C14H18N2OS. The van der Waals surface area contributed by atoms with E-state index in [1.54, 1.807) is 13.3 Å². The summed E-state index contributed by atoms with van der Waals surface area (Å²) >= 11 is 1.82. The Morgan fingerprint density at radius 3 is 2.83 bits per heavy atom. The normalized spacial score (nSPS) is 12.4. The molecule has 1 unspecified atom stereocenters. The monoisotopic (exact) mass is 262 g/mol. The van der Waals surface area contributed by atoms with Crippen LogP contribution in [0.1, 0.15) is 28.4 Å². The number of nitrogens with zero attached hydrogens (tertiary/aromatic N) is 1. The largest absolute Gasteiger partial charge is 0.495 e. The van der Waals surface area contributed by atoms with Gasteiger partial charge >= 0.3 is 0 Å². The van der Waals surface area contributed by atoms with E-state index in [0.29, 0.717) is 0 Å². The number of rotatable bonds is 5. The van der Waals surface area contributed by atoms with E-state index in [4.69, 9.17) is 4.74 Å². The molecule has 2 aromatic rings. The second-order valence-electron chi connectivity index (χ2n) is 3.97. The van der Waals surface area contributed by atoms with Crippen LogP contribution in [0.25, 0.3) is 0 Å². The Kier molecular flexibility index (Phi) is 4.33. The average Bonchev–Trinajstić information content (AvgIpc) is 2.89. The van der Waals surface area contributed by atoms with Crippen LogP contribution in [-0.2, 0) is 6.42 Å². The Bertz CT molecular complexity index is 510. The zero-order valence-corrected chi connectivity index (χ0v) is 11.8. The highest BCUT2D eigenvalue weighted by atomic mass is 32.1. The summed E-state index contributed by atoms with van der Waals surface area (Å²) in [5, 5.41) is 3.31. The number of aryl methyl sites for hydroxylation is 1. The van der Waals surface area contributed by atoms with Gasteiger partial charge in [-0.3, -0.25) is 4.98 Å². The first-order valence-corrected chi connectivity index (χ1v) is 6.86. The molecule has 0 aromatic carbocycles. The lowest BCUT2D eigenvalue weighted by Gasteiger charge is -2.16. The molecule has 0 amide bonds. The van der Waals surface area contributed by atoms with E-state index < -0.39 is 0 Å². The fraction of sp³-hybridized carbons (Fsp3) is 0.357. The van der Waals surface area contributed by atoms with E-state index in [1.807, 2.05) is 30.5 Å². The van der Waals surface area contributed by atoms with E-state index in [9.17, 15) is 0 Å². The van der Waals surface area contributed by atoms with Gasteiger partial charge in [-0.25, -0.2) is 0 Å². The number of thiophene rings is 1. The molecule has 2 heterocycles. The first-order valence-electron chi connectivity index (χ1n) is 6.05. The van der Waals surface area contributed by atoms with Crippen molar-refractivity contribution in [2.24, 2.45) is 0 Å². The summed E-state index contributed by atoms with van der Waals surface area (Å²) in [7, 11) is 3.63. The fourth-order valence-corrected chi connectivity index (χ4v) is 3.01. The van der Waals surface area contributed by atoms with Gasteiger partial charge in [-0.1, -0.05) is 6.92 Å². The van der Waals surface area contributed by atoms with E-state index in [-0.39, 0.29) is 6.04 Å². The molecule has 3 nitrogen and oxygen atoms in total. The van der Waals surface area contributed by atoms with Crippen molar-refractivity contribution in [2.75, 3.05) is 14.2 Å². The van der Waals surface area contributed by atoms with Gasteiger partial charge in [-0.15, -0.1) is 11.3 Å². The molecule has 0 aliphatic rings. The van der Waals surface area contributed by atoms with Crippen molar-refractivity contribution in [1.29, 1.82) is 0 Å². The molecule has 0 radical (unpaired) electrons. The predicted molar refractivity (Wildman–Crippen MR) is 75.4 cm³/mol. The van der Waals surface area contributed by atoms with Gasteiger partial charge in [-0.2, -0.15) is 0 Å². The number of ether oxygens (including phenoxy) is 1. The van der Waals surface area contributed by atoms with Crippen LogP contribution in [0.2, 0.25) is 0 Å². The Hall–Kier alpha value is -1.39. The summed E-state index contributed by atoms with van der Waals surface area (Å²) in [6, 6.07) is 8.27. The van der Waals surface area contributed by atoms with Gasteiger partial charge in [0.2, 0.25) is 0 Å². The van der Waals surface area contributed by atoms with Crippen molar-refractivity contribution in [3.8, 4) is 5.75 Å². The number of methoxy groups -OCH3 is 1. The molecule has 1 atom stereocenters. The second kappa shape index (κ2) is 5.98. The number of nitrogens with one attached hydrogen (secondary N) is 1. The maximum absolute atomic E-state index is 5.38. The quantitative estimate of drug-likeness (QED) is 0.899. The summed E-state index contributed by atoms with van der Waals surface area (Å²) in [5.41, 5.74) is 0.937. The smallest absolute Gasteiger partial charge is 0.142 e. The highest BCUT2D eigenvalue weighted by molar-refractivity contribution is 7.12. The zero-order valence-electron chi connectivity index (χ0n) is 10.9. The van der Waals surface area contributed by atoms with Crippen LogP contribution in [0.3, 0.4) is 0 Å². The molecule has 0 bridgehead atoms. The van der Waals surface area contributed by atoms with Gasteiger partial charge in [-0.05, 0) is 37.7 Å². The van der Waals surface area contributed by atoms with Crippen LogP contribution in [-0.4, -0.2) is 19.1 Å². The molecule has 4 heteroatoms. The second-order valence-corrected chi connectivity index (χ2v) is 5.17. The Balaban J connectivity index is 2.38.